The zero-order valence-corrected chi connectivity index (χ0v) is 15.6. The molecule has 0 atom stereocenters. The highest BCUT2D eigenvalue weighted by atomic mass is 16.5. The third-order valence-electron chi connectivity index (χ3n) is 3.95. The van der Waals surface area contributed by atoms with Crippen molar-refractivity contribution in [2.75, 3.05) is 20.3 Å². The summed E-state index contributed by atoms with van der Waals surface area (Å²) in [5.74, 6) is 2.98. The first-order valence-corrected chi connectivity index (χ1v) is 8.92. The van der Waals surface area contributed by atoms with Gasteiger partial charge in [0.1, 0.15) is 35.9 Å². The SMILES string of the molecule is COc1ccc(Oc2ccnc(CNCCOc3ccc(C=O)cc3)c2)cc1. The molecule has 0 saturated carbocycles. The van der Waals surface area contributed by atoms with Crippen molar-refractivity contribution >= 4 is 6.29 Å². The van der Waals surface area contributed by atoms with Crippen LogP contribution in [0, 0.1) is 0 Å². The summed E-state index contributed by atoms with van der Waals surface area (Å²) in [6.07, 6.45) is 2.53. The molecule has 0 spiro atoms. The molecule has 0 saturated heterocycles. The number of hydrogen-bond donors (Lipinski definition) is 1. The van der Waals surface area contributed by atoms with Crippen LogP contribution in [-0.2, 0) is 6.54 Å². The first kappa shape index (κ1) is 19.4. The van der Waals surface area contributed by atoms with E-state index in [1.165, 1.54) is 0 Å². The molecule has 0 aliphatic rings. The Morgan fingerprint density at radius 1 is 0.929 bits per heavy atom. The second kappa shape index (κ2) is 10.1. The Hall–Kier alpha value is -3.38. The highest BCUT2D eigenvalue weighted by Crippen LogP contribution is 2.23. The lowest BCUT2D eigenvalue weighted by atomic mass is 10.2. The normalized spacial score (nSPS) is 10.3. The summed E-state index contributed by atoms with van der Waals surface area (Å²) >= 11 is 0. The van der Waals surface area contributed by atoms with E-state index < -0.39 is 0 Å². The van der Waals surface area contributed by atoms with Gasteiger partial charge in [0.25, 0.3) is 0 Å². The first-order chi connectivity index (χ1) is 13.8. The summed E-state index contributed by atoms with van der Waals surface area (Å²) < 4.78 is 16.6. The molecule has 0 radical (unpaired) electrons. The Labute approximate surface area is 164 Å². The zero-order chi connectivity index (χ0) is 19.6. The van der Waals surface area contributed by atoms with Crippen LogP contribution in [0.4, 0.5) is 0 Å². The predicted octanol–water partition coefficient (Wildman–Crippen LogP) is 3.86. The van der Waals surface area contributed by atoms with Crippen LogP contribution in [0.25, 0.3) is 0 Å². The van der Waals surface area contributed by atoms with Crippen molar-refractivity contribution in [3.05, 3.63) is 78.1 Å². The molecule has 0 unspecified atom stereocenters. The minimum atomic E-state index is 0.516. The molecule has 3 aromatic rings. The molecule has 144 valence electrons. The van der Waals surface area contributed by atoms with Gasteiger partial charge in [-0.25, -0.2) is 0 Å². The van der Waals surface area contributed by atoms with E-state index in [1.807, 2.05) is 36.4 Å². The smallest absolute Gasteiger partial charge is 0.150 e. The molecule has 0 fully saturated rings. The van der Waals surface area contributed by atoms with Crippen LogP contribution in [-0.4, -0.2) is 31.5 Å². The van der Waals surface area contributed by atoms with Gasteiger partial charge < -0.3 is 19.5 Å². The molecule has 0 bridgehead atoms. The topological polar surface area (TPSA) is 69.7 Å². The van der Waals surface area contributed by atoms with Crippen molar-refractivity contribution < 1.29 is 19.0 Å². The summed E-state index contributed by atoms with van der Waals surface area (Å²) in [6, 6.07) is 18.2. The van der Waals surface area contributed by atoms with E-state index in [-0.39, 0.29) is 0 Å². The lowest BCUT2D eigenvalue weighted by molar-refractivity contribution is 0.112. The molecule has 6 nitrogen and oxygen atoms in total. The number of aldehydes is 1. The van der Waals surface area contributed by atoms with E-state index >= 15 is 0 Å². The number of methoxy groups -OCH3 is 1. The molecule has 3 rings (SSSR count). The Morgan fingerprint density at radius 3 is 2.36 bits per heavy atom. The fourth-order valence-corrected chi connectivity index (χ4v) is 2.50. The summed E-state index contributed by atoms with van der Waals surface area (Å²) in [5.41, 5.74) is 1.51. The number of benzene rings is 2. The second-order valence-electron chi connectivity index (χ2n) is 5.97. The van der Waals surface area contributed by atoms with Crippen molar-refractivity contribution in [2.45, 2.75) is 6.54 Å². The van der Waals surface area contributed by atoms with Gasteiger partial charge in [-0.3, -0.25) is 9.78 Å². The molecule has 1 N–H and O–H groups in total. The third-order valence-corrected chi connectivity index (χ3v) is 3.95. The fourth-order valence-electron chi connectivity index (χ4n) is 2.50. The molecule has 0 aliphatic heterocycles. The van der Waals surface area contributed by atoms with E-state index in [1.54, 1.807) is 37.6 Å². The number of hydrogen-bond acceptors (Lipinski definition) is 6. The largest absolute Gasteiger partial charge is 0.497 e. The summed E-state index contributed by atoms with van der Waals surface area (Å²) in [5, 5.41) is 3.28. The van der Waals surface area contributed by atoms with Crippen LogP contribution in [0.5, 0.6) is 23.0 Å². The Bertz CT molecular complexity index is 880. The molecular formula is C22H22N2O4. The molecule has 0 amide bonds. The number of rotatable bonds is 10. The van der Waals surface area contributed by atoms with Gasteiger partial charge in [-0.15, -0.1) is 0 Å². The Kier molecular flexibility index (Phi) is 6.98. The molecule has 2 aromatic carbocycles. The van der Waals surface area contributed by atoms with Crippen LogP contribution < -0.4 is 19.5 Å². The predicted molar refractivity (Wildman–Crippen MR) is 106 cm³/mol. The van der Waals surface area contributed by atoms with Gasteiger partial charge >= 0.3 is 0 Å². The van der Waals surface area contributed by atoms with Crippen LogP contribution in [0.3, 0.4) is 0 Å². The average molecular weight is 378 g/mol. The lowest BCUT2D eigenvalue weighted by Gasteiger charge is -2.09. The highest BCUT2D eigenvalue weighted by Gasteiger charge is 2.02. The zero-order valence-electron chi connectivity index (χ0n) is 15.6. The minimum Gasteiger partial charge on any atom is -0.497 e. The standard InChI is InChI=1S/C22H22N2O4/c1-26-19-6-8-21(9-7-19)28-22-10-11-24-18(14-22)15-23-12-13-27-20-4-2-17(16-25)3-5-20/h2-11,14,16,23H,12-13,15H2,1H3. The van der Waals surface area contributed by atoms with Gasteiger partial charge in [0.05, 0.1) is 12.8 Å². The van der Waals surface area contributed by atoms with E-state index in [0.29, 0.717) is 25.3 Å². The number of carbonyl (C=O) groups is 1. The molecule has 1 heterocycles. The molecule has 6 heteroatoms. The van der Waals surface area contributed by atoms with Gasteiger partial charge in [0.2, 0.25) is 0 Å². The fraction of sp³-hybridized carbons (Fsp3) is 0.182. The number of ether oxygens (including phenoxy) is 3. The van der Waals surface area contributed by atoms with Crippen LogP contribution in [0.15, 0.2) is 66.9 Å². The van der Waals surface area contributed by atoms with Crippen molar-refractivity contribution in [1.29, 1.82) is 0 Å². The lowest BCUT2D eigenvalue weighted by Crippen LogP contribution is -2.21. The van der Waals surface area contributed by atoms with Crippen LogP contribution in [0.1, 0.15) is 16.1 Å². The van der Waals surface area contributed by atoms with Gasteiger partial charge in [-0.1, -0.05) is 0 Å². The second-order valence-corrected chi connectivity index (χ2v) is 5.97. The van der Waals surface area contributed by atoms with Crippen molar-refractivity contribution in [1.82, 2.24) is 10.3 Å². The molecule has 28 heavy (non-hydrogen) atoms. The van der Waals surface area contributed by atoms with Crippen molar-refractivity contribution in [2.24, 2.45) is 0 Å². The maximum absolute atomic E-state index is 10.6. The number of nitrogens with zero attached hydrogens (tertiary/aromatic N) is 1. The van der Waals surface area contributed by atoms with E-state index in [2.05, 4.69) is 10.3 Å². The third kappa shape index (κ3) is 5.82. The number of nitrogens with one attached hydrogen (secondary N) is 1. The molecule has 0 aliphatic carbocycles. The minimum absolute atomic E-state index is 0.516. The summed E-state index contributed by atoms with van der Waals surface area (Å²) in [4.78, 5) is 15.0. The summed E-state index contributed by atoms with van der Waals surface area (Å²) in [6.45, 7) is 1.79. The van der Waals surface area contributed by atoms with Crippen molar-refractivity contribution in [3.8, 4) is 23.0 Å². The van der Waals surface area contributed by atoms with Gasteiger partial charge in [-0.2, -0.15) is 0 Å². The van der Waals surface area contributed by atoms with Gasteiger partial charge in [-0.05, 0) is 54.6 Å². The van der Waals surface area contributed by atoms with Crippen LogP contribution in [0.2, 0.25) is 0 Å². The summed E-state index contributed by atoms with van der Waals surface area (Å²) in [7, 11) is 1.63. The van der Waals surface area contributed by atoms with Crippen molar-refractivity contribution in [3.63, 3.8) is 0 Å². The monoisotopic (exact) mass is 378 g/mol. The van der Waals surface area contributed by atoms with Gasteiger partial charge in [0, 0.05) is 30.9 Å². The number of aromatic nitrogens is 1. The molecular weight excluding hydrogens is 356 g/mol. The van der Waals surface area contributed by atoms with E-state index in [0.717, 1.165) is 35.0 Å². The average Bonchev–Trinajstić information content (AvgIpc) is 2.75. The maximum Gasteiger partial charge on any atom is 0.150 e. The highest BCUT2D eigenvalue weighted by molar-refractivity contribution is 5.74. The maximum atomic E-state index is 10.6. The van der Waals surface area contributed by atoms with E-state index in [4.69, 9.17) is 14.2 Å². The number of pyridine rings is 1. The Morgan fingerprint density at radius 2 is 1.64 bits per heavy atom. The van der Waals surface area contributed by atoms with Gasteiger partial charge in [0.15, 0.2) is 0 Å². The molecule has 1 aromatic heterocycles. The number of carbonyl (C=O) groups excluding carboxylic acids is 1. The Balaban J connectivity index is 1.43. The van der Waals surface area contributed by atoms with E-state index in [9.17, 15) is 4.79 Å². The van der Waals surface area contributed by atoms with Crippen LogP contribution >= 0.6 is 0 Å². The quantitative estimate of drug-likeness (QED) is 0.427. The first-order valence-electron chi connectivity index (χ1n) is 8.92.